The zero-order valence-corrected chi connectivity index (χ0v) is 17.9. The summed E-state index contributed by atoms with van der Waals surface area (Å²) in [5, 5.41) is 22.6. The summed E-state index contributed by atoms with van der Waals surface area (Å²) in [4.78, 5) is 61.4. The quantitative estimate of drug-likeness (QED) is 0.214. The van der Waals surface area contributed by atoms with Gasteiger partial charge in [-0.15, -0.1) is 0 Å². The highest BCUT2D eigenvalue weighted by Gasteiger charge is 2.39. The van der Waals surface area contributed by atoms with Crippen LogP contribution < -0.4 is 16.4 Å². The van der Waals surface area contributed by atoms with Crippen molar-refractivity contribution < 1.29 is 34.2 Å². The molecule has 6 N–H and O–H groups in total. The Morgan fingerprint density at radius 2 is 1.80 bits per heavy atom. The third-order valence-corrected chi connectivity index (χ3v) is 5.55. The van der Waals surface area contributed by atoms with E-state index in [1.54, 1.807) is 0 Å². The second-order valence-electron chi connectivity index (χ2n) is 7.34. The zero-order chi connectivity index (χ0) is 23.0. The summed E-state index contributed by atoms with van der Waals surface area (Å²) in [6.45, 7) is 4.06. The number of thiol groups is 1. The predicted molar refractivity (Wildman–Crippen MR) is 110 cm³/mol. The van der Waals surface area contributed by atoms with Crippen LogP contribution in [0, 0.1) is 5.92 Å². The summed E-state index contributed by atoms with van der Waals surface area (Å²) in [6.07, 6.45) is 0.853. The summed E-state index contributed by atoms with van der Waals surface area (Å²) >= 11 is 3.83. The fourth-order valence-corrected chi connectivity index (χ4v) is 3.35. The first-order chi connectivity index (χ1) is 14.0. The number of rotatable bonds is 11. The van der Waals surface area contributed by atoms with Gasteiger partial charge in [0.1, 0.15) is 18.1 Å². The Labute approximate surface area is 180 Å². The predicted octanol–water partition coefficient (Wildman–Crippen LogP) is -1.19. The highest BCUT2D eigenvalue weighted by molar-refractivity contribution is 7.80. The molecule has 0 bridgehead atoms. The number of hydrogen-bond acceptors (Lipinski definition) is 7. The molecular formula is C18H30N4O7S. The molecule has 3 amide bonds. The number of nitrogens with two attached hydrogens (primary N) is 1. The van der Waals surface area contributed by atoms with Gasteiger partial charge in [0.15, 0.2) is 0 Å². The lowest BCUT2D eigenvalue weighted by molar-refractivity contribution is -0.144. The van der Waals surface area contributed by atoms with E-state index in [1.807, 2.05) is 13.8 Å². The minimum atomic E-state index is -1.50. The molecular weight excluding hydrogens is 416 g/mol. The minimum Gasteiger partial charge on any atom is -0.481 e. The number of carboxylic acid groups (broad SMARTS) is 2. The van der Waals surface area contributed by atoms with E-state index in [4.69, 9.17) is 15.9 Å². The zero-order valence-electron chi connectivity index (χ0n) is 17.0. The molecule has 1 saturated heterocycles. The number of carbonyl (C=O) groups excluding carboxylic acids is 3. The molecule has 0 radical (unpaired) electrons. The molecule has 0 aromatic carbocycles. The van der Waals surface area contributed by atoms with E-state index >= 15 is 0 Å². The second kappa shape index (κ2) is 11.7. The van der Waals surface area contributed by atoms with Gasteiger partial charge in [-0.3, -0.25) is 19.2 Å². The molecule has 0 aromatic heterocycles. The summed E-state index contributed by atoms with van der Waals surface area (Å²) in [5.74, 6) is -5.01. The molecule has 30 heavy (non-hydrogen) atoms. The second-order valence-corrected chi connectivity index (χ2v) is 7.71. The van der Waals surface area contributed by atoms with Crippen molar-refractivity contribution in [3.63, 3.8) is 0 Å². The summed E-state index contributed by atoms with van der Waals surface area (Å²) in [5.41, 5.74) is 6.00. The van der Waals surface area contributed by atoms with Crippen LogP contribution in [-0.2, 0) is 24.0 Å². The van der Waals surface area contributed by atoms with Crippen LogP contribution in [0.15, 0.2) is 0 Å². The maximum Gasteiger partial charge on any atom is 0.327 e. The van der Waals surface area contributed by atoms with E-state index in [9.17, 15) is 24.0 Å². The van der Waals surface area contributed by atoms with Crippen LogP contribution in [0.5, 0.6) is 0 Å². The van der Waals surface area contributed by atoms with Gasteiger partial charge in [-0.05, 0) is 18.8 Å². The molecule has 1 heterocycles. The topological polar surface area (TPSA) is 179 Å². The first-order valence-electron chi connectivity index (χ1n) is 9.75. The summed E-state index contributed by atoms with van der Waals surface area (Å²) < 4.78 is 0. The molecule has 11 nitrogen and oxygen atoms in total. The number of carbonyl (C=O) groups is 5. The van der Waals surface area contributed by atoms with Crippen LogP contribution >= 0.6 is 12.6 Å². The molecule has 0 aromatic rings. The number of amides is 3. The Kier molecular flexibility index (Phi) is 10.1. The van der Waals surface area contributed by atoms with Crippen molar-refractivity contribution in [3.05, 3.63) is 0 Å². The molecule has 5 atom stereocenters. The van der Waals surface area contributed by atoms with Crippen LogP contribution in [0.2, 0.25) is 0 Å². The van der Waals surface area contributed by atoms with Gasteiger partial charge in [-0.25, -0.2) is 4.79 Å². The van der Waals surface area contributed by atoms with Gasteiger partial charge >= 0.3 is 11.9 Å². The molecule has 0 spiro atoms. The van der Waals surface area contributed by atoms with Gasteiger partial charge in [0, 0.05) is 12.3 Å². The van der Waals surface area contributed by atoms with Gasteiger partial charge in [0.05, 0.1) is 12.5 Å². The summed E-state index contributed by atoms with van der Waals surface area (Å²) in [7, 11) is 0. The van der Waals surface area contributed by atoms with Crippen molar-refractivity contribution in [3.8, 4) is 0 Å². The first-order valence-corrected chi connectivity index (χ1v) is 10.4. The monoisotopic (exact) mass is 446 g/mol. The average Bonchev–Trinajstić information content (AvgIpc) is 3.18. The third kappa shape index (κ3) is 6.87. The lowest BCUT2D eigenvalue weighted by atomic mass is 9.98. The normalized spacial score (nSPS) is 20.0. The number of likely N-dealkylation sites (tertiary alicyclic amines) is 1. The van der Waals surface area contributed by atoms with Crippen molar-refractivity contribution in [1.29, 1.82) is 0 Å². The number of nitrogens with zero attached hydrogens (tertiary/aromatic N) is 1. The summed E-state index contributed by atoms with van der Waals surface area (Å²) in [6, 6.07) is -4.49. The fraction of sp³-hybridized carbons (Fsp3) is 0.722. The van der Waals surface area contributed by atoms with Crippen molar-refractivity contribution in [2.24, 2.45) is 11.7 Å². The SMILES string of the molecule is CCC(C)C(N)C(=O)N1CCCC1C(=O)NC(CC(=O)O)C(=O)NC(CS)C(=O)O. The van der Waals surface area contributed by atoms with Gasteiger partial charge in [0.2, 0.25) is 17.7 Å². The van der Waals surface area contributed by atoms with Crippen LogP contribution in [0.25, 0.3) is 0 Å². The van der Waals surface area contributed by atoms with Crippen LogP contribution in [-0.4, -0.2) is 81.2 Å². The number of aliphatic carboxylic acids is 2. The van der Waals surface area contributed by atoms with Crippen molar-refractivity contribution in [2.45, 2.75) is 63.7 Å². The smallest absolute Gasteiger partial charge is 0.327 e. The van der Waals surface area contributed by atoms with Crippen molar-refractivity contribution in [2.75, 3.05) is 12.3 Å². The molecule has 1 fully saturated rings. The van der Waals surface area contributed by atoms with Crippen LogP contribution in [0.4, 0.5) is 0 Å². The maximum atomic E-state index is 12.8. The Hall–Kier alpha value is -2.34. The van der Waals surface area contributed by atoms with E-state index in [0.717, 1.165) is 0 Å². The van der Waals surface area contributed by atoms with E-state index in [0.29, 0.717) is 25.8 Å². The lowest BCUT2D eigenvalue weighted by Gasteiger charge is -2.29. The average molecular weight is 447 g/mol. The number of nitrogens with one attached hydrogen (secondary N) is 2. The molecule has 170 valence electrons. The highest BCUT2D eigenvalue weighted by atomic mass is 32.1. The molecule has 0 saturated carbocycles. The Balaban J connectivity index is 2.91. The Morgan fingerprint density at radius 1 is 1.17 bits per heavy atom. The van der Waals surface area contributed by atoms with E-state index in [-0.39, 0.29) is 17.6 Å². The number of hydrogen-bond donors (Lipinski definition) is 6. The molecule has 0 aliphatic carbocycles. The van der Waals surface area contributed by atoms with E-state index in [2.05, 4.69) is 23.3 Å². The van der Waals surface area contributed by atoms with Crippen molar-refractivity contribution in [1.82, 2.24) is 15.5 Å². The molecule has 1 aliphatic heterocycles. The van der Waals surface area contributed by atoms with Crippen LogP contribution in [0.1, 0.15) is 39.5 Å². The highest BCUT2D eigenvalue weighted by Crippen LogP contribution is 2.21. The molecule has 1 rings (SSSR count). The van der Waals surface area contributed by atoms with Crippen molar-refractivity contribution >= 4 is 42.3 Å². The van der Waals surface area contributed by atoms with Gasteiger partial charge in [0.25, 0.3) is 0 Å². The fourth-order valence-electron chi connectivity index (χ4n) is 3.10. The maximum absolute atomic E-state index is 12.8. The van der Waals surface area contributed by atoms with Crippen LogP contribution in [0.3, 0.4) is 0 Å². The van der Waals surface area contributed by atoms with E-state index < -0.39 is 54.3 Å². The number of carboxylic acids is 2. The standard InChI is InChI=1S/C18H30N4O7S/c1-3-9(2)14(19)17(27)22-6-4-5-12(22)16(26)20-10(7-13(23)24)15(25)21-11(8-30)18(28)29/h9-12,14,30H,3-8,19H2,1-2H3,(H,20,26)(H,21,25)(H,23,24)(H,28,29). The minimum absolute atomic E-state index is 0.0819. The molecule has 5 unspecified atom stereocenters. The third-order valence-electron chi connectivity index (χ3n) is 5.19. The Morgan fingerprint density at radius 3 is 2.30 bits per heavy atom. The Bertz CT molecular complexity index is 675. The molecule has 12 heteroatoms. The van der Waals surface area contributed by atoms with Gasteiger partial charge in [-0.1, -0.05) is 20.3 Å². The van der Waals surface area contributed by atoms with Gasteiger partial charge < -0.3 is 31.5 Å². The lowest BCUT2D eigenvalue weighted by Crippen LogP contribution is -2.57. The van der Waals surface area contributed by atoms with Gasteiger partial charge in [-0.2, -0.15) is 12.6 Å². The first kappa shape index (κ1) is 25.7. The largest absolute Gasteiger partial charge is 0.481 e. The van der Waals surface area contributed by atoms with E-state index in [1.165, 1.54) is 4.90 Å². The molecule has 1 aliphatic rings.